The fourth-order valence-corrected chi connectivity index (χ4v) is 5.08. The molecular formula is C22H19N3O5S2. The topological polar surface area (TPSA) is 125 Å². The Bertz CT molecular complexity index is 1530. The summed E-state index contributed by atoms with van der Waals surface area (Å²) in [7, 11) is -7.14. The number of hydrogen-bond donors (Lipinski definition) is 3. The SMILES string of the molecule is CS(=O)(=O)Nc1ccc2cc(C(=O)Nc3cccc(S(=O)(=O)c4ccccc4)c3)[nH]c2c1. The highest BCUT2D eigenvalue weighted by Gasteiger charge is 2.18. The number of sulfonamides is 1. The van der Waals surface area contributed by atoms with Crippen molar-refractivity contribution in [3.05, 3.63) is 84.6 Å². The number of fused-ring (bicyclic) bond motifs is 1. The quantitative estimate of drug-likeness (QED) is 0.398. The minimum atomic E-state index is -3.72. The van der Waals surface area contributed by atoms with Gasteiger partial charge in [0.05, 0.1) is 21.7 Å². The summed E-state index contributed by atoms with van der Waals surface area (Å²) in [5.41, 5.74) is 1.51. The Labute approximate surface area is 185 Å². The average molecular weight is 470 g/mol. The number of benzene rings is 3. The average Bonchev–Trinajstić information content (AvgIpc) is 3.17. The number of rotatable bonds is 6. The maximum Gasteiger partial charge on any atom is 0.272 e. The third-order valence-electron chi connectivity index (χ3n) is 4.63. The Hall–Kier alpha value is -3.63. The summed E-state index contributed by atoms with van der Waals surface area (Å²) >= 11 is 0. The van der Waals surface area contributed by atoms with Gasteiger partial charge in [-0.05, 0) is 48.5 Å². The normalized spacial score (nSPS) is 11.9. The van der Waals surface area contributed by atoms with E-state index in [2.05, 4.69) is 15.0 Å². The molecule has 0 saturated heterocycles. The first-order chi connectivity index (χ1) is 15.1. The smallest absolute Gasteiger partial charge is 0.272 e. The van der Waals surface area contributed by atoms with E-state index in [9.17, 15) is 21.6 Å². The van der Waals surface area contributed by atoms with Crippen molar-refractivity contribution in [3.63, 3.8) is 0 Å². The van der Waals surface area contributed by atoms with E-state index in [0.717, 1.165) is 11.6 Å². The third-order valence-corrected chi connectivity index (χ3v) is 7.00. The van der Waals surface area contributed by atoms with E-state index in [1.165, 1.54) is 24.3 Å². The number of H-pyrrole nitrogens is 1. The van der Waals surface area contributed by atoms with Crippen molar-refractivity contribution in [2.24, 2.45) is 0 Å². The number of carbonyl (C=O) groups excluding carboxylic acids is 1. The molecule has 1 heterocycles. The first-order valence-corrected chi connectivity index (χ1v) is 12.8. The first kappa shape index (κ1) is 21.6. The molecule has 0 fully saturated rings. The summed E-state index contributed by atoms with van der Waals surface area (Å²) in [6.07, 6.45) is 1.05. The molecular weight excluding hydrogens is 450 g/mol. The molecule has 4 rings (SSSR count). The monoisotopic (exact) mass is 469 g/mol. The molecule has 164 valence electrons. The van der Waals surface area contributed by atoms with Gasteiger partial charge in [-0.2, -0.15) is 0 Å². The van der Waals surface area contributed by atoms with E-state index >= 15 is 0 Å². The second-order valence-corrected chi connectivity index (χ2v) is 10.9. The largest absolute Gasteiger partial charge is 0.350 e. The highest BCUT2D eigenvalue weighted by atomic mass is 32.2. The fraction of sp³-hybridized carbons (Fsp3) is 0.0455. The van der Waals surface area contributed by atoms with Crippen molar-refractivity contribution in [1.82, 2.24) is 4.98 Å². The van der Waals surface area contributed by atoms with E-state index < -0.39 is 25.8 Å². The number of aromatic amines is 1. The predicted octanol–water partition coefficient (Wildman–Crippen LogP) is 3.62. The zero-order chi connectivity index (χ0) is 22.9. The molecule has 3 N–H and O–H groups in total. The van der Waals surface area contributed by atoms with Crippen LogP contribution in [0.5, 0.6) is 0 Å². The summed E-state index contributed by atoms with van der Waals surface area (Å²) in [6, 6.07) is 20.6. The van der Waals surface area contributed by atoms with Gasteiger partial charge in [0.25, 0.3) is 5.91 Å². The minimum Gasteiger partial charge on any atom is -0.350 e. The van der Waals surface area contributed by atoms with E-state index in [0.29, 0.717) is 16.9 Å². The van der Waals surface area contributed by atoms with Gasteiger partial charge < -0.3 is 10.3 Å². The highest BCUT2D eigenvalue weighted by Crippen LogP contribution is 2.24. The van der Waals surface area contributed by atoms with Gasteiger partial charge >= 0.3 is 0 Å². The molecule has 0 aliphatic heterocycles. The van der Waals surface area contributed by atoms with Crippen molar-refractivity contribution in [3.8, 4) is 0 Å². The lowest BCUT2D eigenvalue weighted by atomic mass is 10.2. The molecule has 4 aromatic rings. The Morgan fingerprint density at radius 3 is 2.22 bits per heavy atom. The maximum absolute atomic E-state index is 12.8. The lowest BCUT2D eigenvalue weighted by molar-refractivity contribution is 0.102. The fourth-order valence-electron chi connectivity index (χ4n) is 3.20. The molecule has 0 radical (unpaired) electrons. The van der Waals surface area contributed by atoms with Gasteiger partial charge in [-0.1, -0.05) is 30.3 Å². The van der Waals surface area contributed by atoms with Crippen LogP contribution in [0.4, 0.5) is 11.4 Å². The lowest BCUT2D eigenvalue weighted by Crippen LogP contribution is -2.12. The van der Waals surface area contributed by atoms with E-state index in [1.54, 1.807) is 54.6 Å². The van der Waals surface area contributed by atoms with Crippen molar-refractivity contribution >= 4 is 48.0 Å². The van der Waals surface area contributed by atoms with Crippen LogP contribution in [0, 0.1) is 0 Å². The molecule has 0 bridgehead atoms. The Morgan fingerprint density at radius 1 is 0.781 bits per heavy atom. The van der Waals surface area contributed by atoms with E-state index in [-0.39, 0.29) is 15.5 Å². The second kappa shape index (κ2) is 8.13. The van der Waals surface area contributed by atoms with Crippen LogP contribution in [0.1, 0.15) is 10.5 Å². The Kier molecular flexibility index (Phi) is 5.49. The van der Waals surface area contributed by atoms with Crippen LogP contribution in [-0.4, -0.2) is 34.0 Å². The molecule has 0 aliphatic rings. The van der Waals surface area contributed by atoms with Gasteiger partial charge in [-0.25, -0.2) is 16.8 Å². The Morgan fingerprint density at radius 2 is 1.50 bits per heavy atom. The van der Waals surface area contributed by atoms with Crippen LogP contribution in [-0.2, 0) is 19.9 Å². The molecule has 10 heteroatoms. The van der Waals surface area contributed by atoms with Crippen molar-refractivity contribution in [2.45, 2.75) is 9.79 Å². The second-order valence-electron chi connectivity index (χ2n) is 7.16. The summed E-state index contributed by atoms with van der Waals surface area (Å²) in [6.45, 7) is 0. The van der Waals surface area contributed by atoms with Gasteiger partial charge in [0.1, 0.15) is 5.69 Å². The summed E-state index contributed by atoms with van der Waals surface area (Å²) < 4.78 is 50.9. The zero-order valence-electron chi connectivity index (χ0n) is 16.9. The lowest BCUT2D eigenvalue weighted by Gasteiger charge is -2.08. The van der Waals surface area contributed by atoms with Crippen molar-refractivity contribution < 1.29 is 21.6 Å². The van der Waals surface area contributed by atoms with E-state index in [1.807, 2.05) is 0 Å². The number of aromatic nitrogens is 1. The van der Waals surface area contributed by atoms with Gasteiger partial charge in [-0.15, -0.1) is 0 Å². The maximum atomic E-state index is 12.8. The number of amides is 1. The third kappa shape index (κ3) is 4.66. The molecule has 3 aromatic carbocycles. The van der Waals surface area contributed by atoms with Crippen LogP contribution in [0.15, 0.2) is 88.7 Å². The minimum absolute atomic E-state index is 0.0645. The number of hydrogen-bond acceptors (Lipinski definition) is 5. The molecule has 0 spiro atoms. The van der Waals surface area contributed by atoms with Gasteiger partial charge in [0.15, 0.2) is 0 Å². The summed E-state index contributed by atoms with van der Waals surface area (Å²) in [5, 5.41) is 3.41. The van der Waals surface area contributed by atoms with Crippen molar-refractivity contribution in [2.75, 3.05) is 16.3 Å². The molecule has 8 nitrogen and oxygen atoms in total. The van der Waals surface area contributed by atoms with E-state index in [4.69, 9.17) is 0 Å². The van der Waals surface area contributed by atoms with Crippen molar-refractivity contribution in [1.29, 1.82) is 0 Å². The van der Waals surface area contributed by atoms with Gasteiger partial charge in [-0.3, -0.25) is 9.52 Å². The number of anilines is 2. The Balaban J connectivity index is 1.58. The number of nitrogens with one attached hydrogen (secondary N) is 3. The number of sulfone groups is 1. The van der Waals surface area contributed by atoms with Crippen LogP contribution in [0.3, 0.4) is 0 Å². The van der Waals surface area contributed by atoms with Crippen LogP contribution in [0.2, 0.25) is 0 Å². The highest BCUT2D eigenvalue weighted by molar-refractivity contribution is 7.92. The molecule has 0 atom stereocenters. The zero-order valence-corrected chi connectivity index (χ0v) is 18.5. The predicted molar refractivity (Wildman–Crippen MR) is 123 cm³/mol. The standard InChI is InChI=1S/C22H19N3O5S2/c1-31(27,28)25-17-11-10-15-12-21(24-20(15)14-17)22(26)23-16-6-5-9-19(13-16)32(29,30)18-7-3-2-4-8-18/h2-14,24-25H,1H3,(H,23,26). The van der Waals surface area contributed by atoms with Crippen LogP contribution in [0.25, 0.3) is 10.9 Å². The first-order valence-electron chi connectivity index (χ1n) is 9.44. The molecule has 0 aliphatic carbocycles. The summed E-state index contributed by atoms with van der Waals surface area (Å²) in [4.78, 5) is 15.9. The molecule has 32 heavy (non-hydrogen) atoms. The molecule has 1 amide bonds. The number of carbonyl (C=O) groups is 1. The van der Waals surface area contributed by atoms with Crippen LogP contribution >= 0.6 is 0 Å². The van der Waals surface area contributed by atoms with Crippen LogP contribution < -0.4 is 10.0 Å². The van der Waals surface area contributed by atoms with Gasteiger partial charge in [0, 0.05) is 16.6 Å². The summed E-state index contributed by atoms with van der Waals surface area (Å²) in [5.74, 6) is -0.465. The molecule has 1 aromatic heterocycles. The molecule has 0 unspecified atom stereocenters. The van der Waals surface area contributed by atoms with Gasteiger partial charge in [0.2, 0.25) is 19.9 Å². The molecule has 0 saturated carbocycles.